The minimum absolute atomic E-state index is 0.182. The van der Waals surface area contributed by atoms with Gasteiger partial charge in [0.05, 0.1) is 10.9 Å². The number of carbonyl (C=O) groups is 1. The van der Waals surface area contributed by atoms with Gasteiger partial charge in [0.2, 0.25) is 5.91 Å². The van der Waals surface area contributed by atoms with Crippen LogP contribution < -0.4 is 10.9 Å². The van der Waals surface area contributed by atoms with Crippen LogP contribution in [0.2, 0.25) is 0 Å². The molecule has 0 fully saturated rings. The number of amides is 1. The predicted molar refractivity (Wildman–Crippen MR) is 85.8 cm³/mol. The van der Waals surface area contributed by atoms with Crippen LogP contribution in [0.1, 0.15) is 5.82 Å². The van der Waals surface area contributed by atoms with Crippen LogP contribution in [-0.4, -0.2) is 15.5 Å². The second-order valence-corrected chi connectivity index (χ2v) is 5.13. The summed E-state index contributed by atoms with van der Waals surface area (Å²) in [5.41, 5.74) is 0.661. The van der Waals surface area contributed by atoms with E-state index in [9.17, 15) is 14.0 Å². The lowest BCUT2D eigenvalue weighted by molar-refractivity contribution is -0.116. The highest BCUT2D eigenvalue weighted by molar-refractivity contribution is 5.90. The highest BCUT2D eigenvalue weighted by Gasteiger charge is 2.11. The summed E-state index contributed by atoms with van der Waals surface area (Å²) in [6.07, 6.45) is 0. The number of fused-ring (bicyclic) bond motifs is 1. The van der Waals surface area contributed by atoms with Crippen LogP contribution >= 0.6 is 0 Å². The fourth-order valence-corrected chi connectivity index (χ4v) is 2.38. The molecule has 1 amide bonds. The molecule has 2 aromatic carbocycles. The van der Waals surface area contributed by atoms with E-state index in [1.807, 2.05) is 0 Å². The fourth-order valence-electron chi connectivity index (χ4n) is 2.38. The summed E-state index contributed by atoms with van der Waals surface area (Å²) in [5, 5.41) is 3.02. The van der Waals surface area contributed by atoms with Gasteiger partial charge < -0.3 is 5.32 Å². The second kappa shape index (κ2) is 6.00. The van der Waals surface area contributed by atoms with Crippen LogP contribution in [0.5, 0.6) is 0 Å². The molecule has 0 atom stereocenters. The van der Waals surface area contributed by atoms with Gasteiger partial charge in [-0.3, -0.25) is 14.2 Å². The molecule has 0 bridgehead atoms. The molecule has 0 spiro atoms. The Hall–Kier alpha value is -3.02. The predicted octanol–water partition coefficient (Wildman–Crippen LogP) is 2.48. The van der Waals surface area contributed by atoms with Crippen molar-refractivity contribution in [2.24, 2.45) is 0 Å². The van der Waals surface area contributed by atoms with Gasteiger partial charge in [-0.1, -0.05) is 18.2 Å². The highest BCUT2D eigenvalue weighted by Crippen LogP contribution is 2.10. The van der Waals surface area contributed by atoms with Gasteiger partial charge in [0, 0.05) is 5.69 Å². The van der Waals surface area contributed by atoms with Gasteiger partial charge >= 0.3 is 0 Å². The number of hydrogen-bond donors (Lipinski definition) is 1. The number of rotatable bonds is 3. The van der Waals surface area contributed by atoms with Gasteiger partial charge in [-0.15, -0.1) is 0 Å². The number of nitrogens with one attached hydrogen (secondary N) is 1. The largest absolute Gasteiger partial charge is 0.324 e. The number of nitrogens with zero attached hydrogens (tertiary/aromatic N) is 2. The first-order chi connectivity index (χ1) is 11.0. The Morgan fingerprint density at radius 1 is 1.22 bits per heavy atom. The summed E-state index contributed by atoms with van der Waals surface area (Å²) in [7, 11) is 0. The standard InChI is InChI=1S/C17H14FN3O2/c1-11-19-15-8-3-2-7-14(15)17(23)21(11)10-16(22)20-13-6-4-5-12(18)9-13/h2-9H,10H2,1H3,(H,20,22). The number of hydrogen-bond acceptors (Lipinski definition) is 3. The zero-order valence-electron chi connectivity index (χ0n) is 12.4. The van der Waals surface area contributed by atoms with Crippen molar-refractivity contribution in [1.82, 2.24) is 9.55 Å². The molecule has 0 radical (unpaired) electrons. The summed E-state index contributed by atoms with van der Waals surface area (Å²) < 4.78 is 14.4. The van der Waals surface area contributed by atoms with Gasteiger partial charge in [0.1, 0.15) is 18.2 Å². The van der Waals surface area contributed by atoms with Gasteiger partial charge in [-0.2, -0.15) is 0 Å². The maximum Gasteiger partial charge on any atom is 0.261 e. The molecule has 0 aliphatic heterocycles. The number of aryl methyl sites for hydroxylation is 1. The van der Waals surface area contributed by atoms with E-state index in [-0.39, 0.29) is 12.1 Å². The van der Waals surface area contributed by atoms with Crippen molar-refractivity contribution in [2.45, 2.75) is 13.5 Å². The van der Waals surface area contributed by atoms with Crippen molar-refractivity contribution in [2.75, 3.05) is 5.32 Å². The van der Waals surface area contributed by atoms with E-state index < -0.39 is 11.7 Å². The number of benzene rings is 2. The molecule has 0 saturated carbocycles. The number of carbonyl (C=O) groups excluding carboxylic acids is 1. The summed E-state index contributed by atoms with van der Waals surface area (Å²) in [5.74, 6) is -0.413. The van der Waals surface area contributed by atoms with Gasteiger partial charge in [0.15, 0.2) is 0 Å². The van der Waals surface area contributed by atoms with Crippen molar-refractivity contribution in [1.29, 1.82) is 0 Å². The zero-order valence-corrected chi connectivity index (χ0v) is 12.4. The average Bonchev–Trinajstić information content (AvgIpc) is 2.51. The van der Waals surface area contributed by atoms with Gasteiger partial charge in [-0.05, 0) is 37.3 Å². The van der Waals surface area contributed by atoms with Crippen LogP contribution in [0, 0.1) is 12.7 Å². The van der Waals surface area contributed by atoms with Crippen LogP contribution in [0.25, 0.3) is 10.9 Å². The van der Waals surface area contributed by atoms with Crippen molar-refractivity contribution < 1.29 is 9.18 Å². The van der Waals surface area contributed by atoms with Crippen molar-refractivity contribution in [3.63, 3.8) is 0 Å². The van der Waals surface area contributed by atoms with Crippen molar-refractivity contribution >= 4 is 22.5 Å². The second-order valence-electron chi connectivity index (χ2n) is 5.13. The molecular weight excluding hydrogens is 297 g/mol. The molecule has 0 aliphatic carbocycles. The molecule has 1 aromatic heterocycles. The van der Waals surface area contributed by atoms with Crippen LogP contribution in [0.15, 0.2) is 53.3 Å². The van der Waals surface area contributed by atoms with E-state index in [1.165, 1.54) is 22.8 Å². The normalized spacial score (nSPS) is 10.7. The highest BCUT2D eigenvalue weighted by atomic mass is 19.1. The van der Waals surface area contributed by atoms with Gasteiger partial charge in [-0.25, -0.2) is 9.37 Å². The Morgan fingerprint density at radius 3 is 2.78 bits per heavy atom. The lowest BCUT2D eigenvalue weighted by atomic mass is 10.2. The molecule has 5 nitrogen and oxygen atoms in total. The van der Waals surface area contributed by atoms with Crippen LogP contribution in [-0.2, 0) is 11.3 Å². The Labute approximate surface area is 131 Å². The summed E-state index contributed by atoms with van der Waals surface area (Å²) in [6, 6.07) is 12.6. The Morgan fingerprint density at radius 2 is 2.00 bits per heavy atom. The number of anilines is 1. The third-order valence-corrected chi connectivity index (χ3v) is 3.46. The number of halogens is 1. The first-order valence-electron chi connectivity index (χ1n) is 7.06. The average molecular weight is 311 g/mol. The molecule has 116 valence electrons. The van der Waals surface area contributed by atoms with E-state index in [2.05, 4.69) is 10.3 Å². The van der Waals surface area contributed by atoms with Crippen LogP contribution in [0.3, 0.4) is 0 Å². The van der Waals surface area contributed by atoms with E-state index in [0.29, 0.717) is 22.4 Å². The minimum Gasteiger partial charge on any atom is -0.324 e. The quantitative estimate of drug-likeness (QED) is 0.808. The van der Waals surface area contributed by atoms with Crippen LogP contribution in [0.4, 0.5) is 10.1 Å². The first-order valence-corrected chi connectivity index (χ1v) is 7.06. The molecule has 1 N–H and O–H groups in total. The summed E-state index contributed by atoms with van der Waals surface area (Å²) >= 11 is 0. The minimum atomic E-state index is -0.441. The molecule has 3 aromatic rings. The Kier molecular flexibility index (Phi) is 3.89. The van der Waals surface area contributed by atoms with E-state index in [0.717, 1.165) is 0 Å². The molecule has 6 heteroatoms. The number of para-hydroxylation sites is 1. The number of aromatic nitrogens is 2. The van der Waals surface area contributed by atoms with E-state index in [4.69, 9.17) is 0 Å². The van der Waals surface area contributed by atoms with Gasteiger partial charge in [0.25, 0.3) is 5.56 Å². The smallest absolute Gasteiger partial charge is 0.261 e. The lowest BCUT2D eigenvalue weighted by Crippen LogP contribution is -2.30. The third kappa shape index (κ3) is 3.11. The zero-order chi connectivity index (χ0) is 16.4. The monoisotopic (exact) mass is 311 g/mol. The SMILES string of the molecule is Cc1nc2ccccc2c(=O)n1CC(=O)Nc1cccc(F)c1. The topological polar surface area (TPSA) is 64.0 Å². The maximum absolute atomic E-state index is 13.1. The van der Waals surface area contributed by atoms with Crippen molar-refractivity contribution in [3.8, 4) is 0 Å². The summed E-state index contributed by atoms with van der Waals surface area (Å²) in [4.78, 5) is 28.9. The molecule has 3 rings (SSSR count). The Bertz CT molecular complexity index is 950. The molecule has 23 heavy (non-hydrogen) atoms. The maximum atomic E-state index is 13.1. The van der Waals surface area contributed by atoms with E-state index >= 15 is 0 Å². The molecule has 0 unspecified atom stereocenters. The molecular formula is C17H14FN3O2. The molecule has 0 aliphatic rings. The molecule has 1 heterocycles. The fraction of sp³-hybridized carbons (Fsp3) is 0.118. The third-order valence-electron chi connectivity index (χ3n) is 3.46. The van der Waals surface area contributed by atoms with E-state index in [1.54, 1.807) is 37.3 Å². The molecule has 0 saturated heterocycles. The first kappa shape index (κ1) is 14.9. The van der Waals surface area contributed by atoms with Crippen molar-refractivity contribution in [3.05, 3.63) is 70.5 Å². The Balaban J connectivity index is 1.89. The lowest BCUT2D eigenvalue weighted by Gasteiger charge is -2.11. The summed E-state index contributed by atoms with van der Waals surface area (Å²) in [6.45, 7) is 1.49.